The molecule has 7 nitrogen and oxygen atoms in total. The van der Waals surface area contributed by atoms with Crippen molar-refractivity contribution < 1.29 is 19.2 Å². The van der Waals surface area contributed by atoms with Gasteiger partial charge in [-0.1, -0.05) is 12.1 Å². The van der Waals surface area contributed by atoms with Crippen LogP contribution in [0.4, 0.5) is 10.5 Å². The molecule has 0 saturated heterocycles. The maximum atomic E-state index is 11.8. The molecule has 1 amide bonds. The lowest BCUT2D eigenvalue weighted by atomic mass is 10.2. The Balaban J connectivity index is 1.89. The third kappa shape index (κ3) is 5.12. The van der Waals surface area contributed by atoms with Crippen LogP contribution in [0.5, 0.6) is 5.75 Å². The summed E-state index contributed by atoms with van der Waals surface area (Å²) in [4.78, 5) is 22.3. The second-order valence-corrected chi connectivity index (χ2v) is 6.62. The number of nitrogens with zero attached hydrogens (tertiary/aromatic N) is 1. The number of carbonyl (C=O) groups is 1. The van der Waals surface area contributed by atoms with Crippen molar-refractivity contribution in [3.05, 3.63) is 34.4 Å². The molecule has 1 N–H and O–H groups in total. The van der Waals surface area contributed by atoms with Gasteiger partial charge in [0.05, 0.1) is 4.92 Å². The van der Waals surface area contributed by atoms with Gasteiger partial charge in [0.1, 0.15) is 11.7 Å². The fraction of sp³-hybridized carbons (Fsp3) is 0.562. The summed E-state index contributed by atoms with van der Waals surface area (Å²) in [6.45, 7) is 5.42. The van der Waals surface area contributed by atoms with Crippen LogP contribution in [0, 0.1) is 10.1 Å². The summed E-state index contributed by atoms with van der Waals surface area (Å²) in [5.41, 5.74) is -0.584. The van der Waals surface area contributed by atoms with Crippen molar-refractivity contribution in [1.29, 1.82) is 0 Å². The van der Waals surface area contributed by atoms with Crippen LogP contribution in [-0.4, -0.2) is 28.8 Å². The molecule has 2 atom stereocenters. The largest absolute Gasteiger partial charge is 0.483 e. The number of ether oxygens (including phenoxy) is 2. The Morgan fingerprint density at radius 3 is 2.65 bits per heavy atom. The fourth-order valence-electron chi connectivity index (χ4n) is 2.54. The molecule has 0 aliphatic heterocycles. The van der Waals surface area contributed by atoms with E-state index in [1.54, 1.807) is 18.2 Å². The third-order valence-electron chi connectivity index (χ3n) is 3.46. The van der Waals surface area contributed by atoms with E-state index in [4.69, 9.17) is 9.47 Å². The van der Waals surface area contributed by atoms with E-state index < -0.39 is 16.6 Å². The average Bonchev–Trinajstić information content (AvgIpc) is 2.84. The number of nitro groups is 1. The van der Waals surface area contributed by atoms with Gasteiger partial charge in [0.25, 0.3) is 0 Å². The predicted molar refractivity (Wildman–Crippen MR) is 84.5 cm³/mol. The number of para-hydroxylation sites is 2. The molecule has 126 valence electrons. The number of hydrogen-bond donors (Lipinski definition) is 1. The zero-order valence-corrected chi connectivity index (χ0v) is 13.6. The van der Waals surface area contributed by atoms with E-state index >= 15 is 0 Å². The molecule has 0 aromatic heterocycles. The fourth-order valence-corrected chi connectivity index (χ4v) is 2.54. The van der Waals surface area contributed by atoms with Crippen LogP contribution in [0.15, 0.2) is 24.3 Å². The number of amides is 1. The number of carbonyl (C=O) groups excluding carboxylic acids is 1. The molecule has 0 heterocycles. The molecule has 1 aliphatic rings. The van der Waals surface area contributed by atoms with Crippen molar-refractivity contribution in [3.8, 4) is 5.75 Å². The highest BCUT2D eigenvalue weighted by molar-refractivity contribution is 5.68. The van der Waals surface area contributed by atoms with Crippen LogP contribution in [0.1, 0.15) is 40.0 Å². The van der Waals surface area contributed by atoms with E-state index in [-0.39, 0.29) is 23.6 Å². The standard InChI is InChI=1S/C16H22N2O5/c1-16(2,3)23-15(19)17-11-8-9-12(10-11)22-14-7-5-4-6-13(14)18(20)21/h4-7,11-12H,8-10H2,1-3H3,(H,17,19). The second kappa shape index (κ2) is 6.85. The number of rotatable bonds is 4. The van der Waals surface area contributed by atoms with E-state index in [0.717, 1.165) is 12.8 Å². The summed E-state index contributed by atoms with van der Waals surface area (Å²) in [6.07, 6.45) is 1.48. The molecule has 2 unspecified atom stereocenters. The van der Waals surface area contributed by atoms with E-state index in [9.17, 15) is 14.9 Å². The van der Waals surface area contributed by atoms with Crippen LogP contribution >= 0.6 is 0 Å². The molecular formula is C16H22N2O5. The zero-order valence-electron chi connectivity index (χ0n) is 13.6. The first kappa shape index (κ1) is 17.1. The number of nitrogens with one attached hydrogen (secondary N) is 1. The van der Waals surface area contributed by atoms with Gasteiger partial charge in [-0.2, -0.15) is 0 Å². The highest BCUT2D eigenvalue weighted by Gasteiger charge is 2.30. The highest BCUT2D eigenvalue weighted by Crippen LogP contribution is 2.31. The minimum absolute atomic E-state index is 0.0439. The molecule has 1 fully saturated rings. The van der Waals surface area contributed by atoms with Gasteiger partial charge in [-0.15, -0.1) is 0 Å². The molecule has 0 bridgehead atoms. The summed E-state index contributed by atoms with van der Waals surface area (Å²) >= 11 is 0. The van der Waals surface area contributed by atoms with Gasteiger partial charge in [0, 0.05) is 18.5 Å². The SMILES string of the molecule is CC(C)(C)OC(=O)NC1CCC(Oc2ccccc2[N+](=O)[O-])C1. The van der Waals surface area contributed by atoms with Crippen LogP contribution in [0.25, 0.3) is 0 Å². The van der Waals surface area contributed by atoms with Crippen molar-refractivity contribution in [2.24, 2.45) is 0 Å². The Kier molecular flexibility index (Phi) is 5.08. The molecule has 0 spiro atoms. The van der Waals surface area contributed by atoms with E-state index in [2.05, 4.69) is 5.32 Å². The van der Waals surface area contributed by atoms with Gasteiger partial charge in [-0.05, 0) is 39.7 Å². The molecule has 0 radical (unpaired) electrons. The normalized spacial score (nSPS) is 20.8. The molecule has 1 aliphatic carbocycles. The molecule has 23 heavy (non-hydrogen) atoms. The summed E-state index contributed by atoms with van der Waals surface area (Å²) < 4.78 is 11.0. The van der Waals surface area contributed by atoms with Gasteiger partial charge in [-0.3, -0.25) is 10.1 Å². The van der Waals surface area contributed by atoms with Gasteiger partial charge in [0.2, 0.25) is 0 Å². The summed E-state index contributed by atoms with van der Waals surface area (Å²) in [5.74, 6) is 0.264. The monoisotopic (exact) mass is 322 g/mol. The molecule has 2 rings (SSSR count). The minimum Gasteiger partial charge on any atom is -0.483 e. The Bertz CT molecular complexity index is 582. The van der Waals surface area contributed by atoms with Crippen LogP contribution in [0.3, 0.4) is 0 Å². The van der Waals surface area contributed by atoms with Crippen molar-refractivity contribution in [3.63, 3.8) is 0 Å². The van der Waals surface area contributed by atoms with Crippen molar-refractivity contribution in [2.45, 2.75) is 57.8 Å². The summed E-state index contributed by atoms with van der Waals surface area (Å²) in [7, 11) is 0. The smallest absolute Gasteiger partial charge is 0.407 e. The van der Waals surface area contributed by atoms with E-state index in [1.165, 1.54) is 6.07 Å². The molecular weight excluding hydrogens is 300 g/mol. The maximum absolute atomic E-state index is 11.8. The van der Waals surface area contributed by atoms with Gasteiger partial charge >= 0.3 is 11.8 Å². The quantitative estimate of drug-likeness (QED) is 0.677. The minimum atomic E-state index is -0.538. The second-order valence-electron chi connectivity index (χ2n) is 6.62. The Morgan fingerprint density at radius 2 is 2.00 bits per heavy atom. The summed E-state index contributed by atoms with van der Waals surface area (Å²) in [6, 6.07) is 6.27. The Morgan fingerprint density at radius 1 is 1.30 bits per heavy atom. The first-order valence-corrected chi connectivity index (χ1v) is 7.64. The van der Waals surface area contributed by atoms with E-state index in [0.29, 0.717) is 6.42 Å². The number of hydrogen-bond acceptors (Lipinski definition) is 5. The van der Waals surface area contributed by atoms with Gasteiger partial charge in [0.15, 0.2) is 5.75 Å². The number of benzene rings is 1. The molecule has 1 aromatic carbocycles. The summed E-state index contributed by atoms with van der Waals surface area (Å²) in [5, 5.41) is 13.8. The lowest BCUT2D eigenvalue weighted by molar-refractivity contribution is -0.386. The van der Waals surface area contributed by atoms with E-state index in [1.807, 2.05) is 20.8 Å². The number of nitro benzene ring substituents is 1. The van der Waals surface area contributed by atoms with Crippen LogP contribution < -0.4 is 10.1 Å². The molecule has 7 heteroatoms. The first-order chi connectivity index (χ1) is 10.7. The average molecular weight is 322 g/mol. The van der Waals surface area contributed by atoms with Crippen molar-refractivity contribution in [1.82, 2.24) is 5.32 Å². The van der Waals surface area contributed by atoms with Crippen LogP contribution in [-0.2, 0) is 4.74 Å². The topological polar surface area (TPSA) is 90.7 Å². The lowest BCUT2D eigenvalue weighted by Crippen LogP contribution is -2.38. The highest BCUT2D eigenvalue weighted by atomic mass is 16.6. The number of alkyl carbamates (subject to hydrolysis) is 1. The lowest BCUT2D eigenvalue weighted by Gasteiger charge is -2.21. The predicted octanol–water partition coefficient (Wildman–Crippen LogP) is 3.42. The van der Waals surface area contributed by atoms with Crippen LogP contribution in [0.2, 0.25) is 0 Å². The van der Waals surface area contributed by atoms with Crippen molar-refractivity contribution >= 4 is 11.8 Å². The first-order valence-electron chi connectivity index (χ1n) is 7.64. The van der Waals surface area contributed by atoms with Gasteiger partial charge < -0.3 is 14.8 Å². The Labute approximate surface area is 135 Å². The van der Waals surface area contributed by atoms with Crippen molar-refractivity contribution in [2.75, 3.05) is 0 Å². The molecule has 1 aromatic rings. The Hall–Kier alpha value is -2.31. The maximum Gasteiger partial charge on any atom is 0.407 e. The third-order valence-corrected chi connectivity index (χ3v) is 3.46. The van der Waals surface area contributed by atoms with Gasteiger partial charge in [-0.25, -0.2) is 4.79 Å². The zero-order chi connectivity index (χ0) is 17.0. The molecule has 1 saturated carbocycles.